The van der Waals surface area contributed by atoms with Gasteiger partial charge >= 0.3 is 5.69 Å². The van der Waals surface area contributed by atoms with E-state index >= 15 is 0 Å². The molecule has 0 atom stereocenters. The van der Waals surface area contributed by atoms with E-state index in [9.17, 15) is 9.59 Å². The molecule has 1 aliphatic rings. The second-order valence-corrected chi connectivity index (χ2v) is 7.77. The Morgan fingerprint density at radius 2 is 1.93 bits per heavy atom. The van der Waals surface area contributed by atoms with Crippen molar-refractivity contribution < 1.29 is 4.74 Å². The highest BCUT2D eigenvalue weighted by molar-refractivity contribution is 5.74. The van der Waals surface area contributed by atoms with Crippen LogP contribution in [0.1, 0.15) is 30.1 Å². The van der Waals surface area contributed by atoms with Gasteiger partial charge in [-0.1, -0.05) is 6.07 Å². The number of ether oxygens (including phenoxy) is 1. The number of hydrogen-bond donors (Lipinski definition) is 0. The molecule has 3 aromatic heterocycles. The van der Waals surface area contributed by atoms with Crippen LogP contribution in [-0.2, 0) is 24.9 Å². The lowest BCUT2D eigenvalue weighted by molar-refractivity contribution is 0.186. The van der Waals surface area contributed by atoms with Crippen molar-refractivity contribution in [2.24, 2.45) is 7.05 Å². The molecule has 1 saturated heterocycles. The van der Waals surface area contributed by atoms with Gasteiger partial charge in [0.05, 0.1) is 24.2 Å². The number of fused-ring (bicyclic) bond motifs is 1. The molecule has 0 bridgehead atoms. The Balaban J connectivity index is 1.57. The highest BCUT2D eigenvalue weighted by Gasteiger charge is 2.23. The number of aromatic nitrogens is 4. The van der Waals surface area contributed by atoms with Crippen LogP contribution in [-0.4, -0.2) is 50.8 Å². The number of rotatable bonds is 6. The largest absolute Gasteiger partial charge is 0.383 e. The summed E-state index contributed by atoms with van der Waals surface area (Å²) >= 11 is 0. The molecule has 4 rings (SSSR count). The smallest absolute Gasteiger partial charge is 0.332 e. The zero-order valence-electron chi connectivity index (χ0n) is 17.5. The second kappa shape index (κ2) is 8.89. The molecule has 0 amide bonds. The van der Waals surface area contributed by atoms with Gasteiger partial charge in [-0.25, -0.2) is 9.78 Å². The van der Waals surface area contributed by atoms with Gasteiger partial charge in [-0.15, -0.1) is 0 Å². The van der Waals surface area contributed by atoms with Crippen molar-refractivity contribution in [2.45, 2.75) is 31.8 Å². The fourth-order valence-electron chi connectivity index (χ4n) is 4.09. The number of pyridine rings is 2. The van der Waals surface area contributed by atoms with Crippen LogP contribution in [0.15, 0.2) is 46.1 Å². The summed E-state index contributed by atoms with van der Waals surface area (Å²) in [5, 5.41) is 0.463. The Hall–Kier alpha value is -2.84. The van der Waals surface area contributed by atoms with Gasteiger partial charge in [-0.2, -0.15) is 0 Å². The molecule has 158 valence electrons. The van der Waals surface area contributed by atoms with Gasteiger partial charge in [-0.3, -0.25) is 23.8 Å². The van der Waals surface area contributed by atoms with Crippen molar-refractivity contribution in [1.29, 1.82) is 0 Å². The molecular weight excluding hydrogens is 382 g/mol. The van der Waals surface area contributed by atoms with Gasteiger partial charge in [0.2, 0.25) is 0 Å². The lowest BCUT2D eigenvalue weighted by Gasteiger charge is -2.31. The molecule has 1 fully saturated rings. The highest BCUT2D eigenvalue weighted by atomic mass is 16.5. The van der Waals surface area contributed by atoms with Crippen molar-refractivity contribution in [3.8, 4) is 0 Å². The van der Waals surface area contributed by atoms with Crippen LogP contribution in [0.25, 0.3) is 11.0 Å². The summed E-state index contributed by atoms with van der Waals surface area (Å²) in [4.78, 5) is 36.8. The third-order valence-electron chi connectivity index (χ3n) is 5.84. The lowest BCUT2D eigenvalue weighted by atomic mass is 9.92. The van der Waals surface area contributed by atoms with Crippen LogP contribution >= 0.6 is 0 Å². The first kappa shape index (κ1) is 20.4. The molecule has 0 saturated carbocycles. The number of nitrogens with zero attached hydrogens (tertiary/aromatic N) is 5. The van der Waals surface area contributed by atoms with Gasteiger partial charge in [0.1, 0.15) is 5.65 Å². The van der Waals surface area contributed by atoms with Crippen molar-refractivity contribution in [1.82, 2.24) is 24.0 Å². The van der Waals surface area contributed by atoms with Crippen molar-refractivity contribution in [3.63, 3.8) is 0 Å². The summed E-state index contributed by atoms with van der Waals surface area (Å²) in [5.74, 6) is 0.310. The molecule has 1 aliphatic heterocycles. The number of piperidine rings is 1. The molecule has 0 spiro atoms. The van der Waals surface area contributed by atoms with Crippen LogP contribution in [0.3, 0.4) is 0 Å². The molecule has 0 radical (unpaired) electrons. The summed E-state index contributed by atoms with van der Waals surface area (Å²) in [6.45, 7) is 3.53. The lowest BCUT2D eigenvalue weighted by Crippen LogP contribution is -2.39. The highest BCUT2D eigenvalue weighted by Crippen LogP contribution is 2.28. The zero-order valence-corrected chi connectivity index (χ0v) is 17.5. The van der Waals surface area contributed by atoms with Gasteiger partial charge in [0.25, 0.3) is 5.56 Å². The molecule has 3 aromatic rings. The monoisotopic (exact) mass is 409 g/mol. The maximum Gasteiger partial charge on any atom is 0.332 e. The Kier molecular flexibility index (Phi) is 6.06. The summed E-state index contributed by atoms with van der Waals surface area (Å²) in [5.41, 5.74) is 1.80. The molecule has 0 aromatic carbocycles. The van der Waals surface area contributed by atoms with E-state index in [0.29, 0.717) is 30.1 Å². The van der Waals surface area contributed by atoms with E-state index in [0.717, 1.165) is 48.4 Å². The SMILES string of the molecule is COCCn1c(=O)n(C)c(=O)c2ccc(C3CCN(Cc4ccccn4)CC3)nc21. The maximum absolute atomic E-state index is 12.6. The third kappa shape index (κ3) is 4.06. The fraction of sp³-hybridized carbons (Fsp3) is 0.455. The average molecular weight is 409 g/mol. The van der Waals surface area contributed by atoms with Crippen molar-refractivity contribution in [2.75, 3.05) is 26.8 Å². The zero-order chi connectivity index (χ0) is 21.1. The van der Waals surface area contributed by atoms with Gasteiger partial charge in [-0.05, 0) is 50.2 Å². The average Bonchev–Trinajstić information content (AvgIpc) is 2.78. The summed E-state index contributed by atoms with van der Waals surface area (Å²) in [7, 11) is 3.09. The second-order valence-electron chi connectivity index (χ2n) is 7.77. The number of likely N-dealkylation sites (tertiary alicyclic amines) is 1. The molecular formula is C22H27N5O3. The Morgan fingerprint density at radius 1 is 1.13 bits per heavy atom. The molecule has 30 heavy (non-hydrogen) atoms. The molecule has 0 N–H and O–H groups in total. The van der Waals surface area contributed by atoms with Gasteiger partial charge in [0.15, 0.2) is 0 Å². The maximum atomic E-state index is 12.6. The first-order valence-electron chi connectivity index (χ1n) is 10.3. The first-order chi connectivity index (χ1) is 14.6. The standard InChI is InChI=1S/C22H27N5O3/c1-25-21(28)18-6-7-19(24-20(18)27(22(25)29)13-14-30-2)16-8-11-26(12-9-16)15-17-5-3-4-10-23-17/h3-7,10,16H,8-9,11-15H2,1-2H3. The minimum absolute atomic E-state index is 0.310. The number of methoxy groups -OCH3 is 1. The van der Waals surface area contributed by atoms with Crippen LogP contribution < -0.4 is 11.2 Å². The van der Waals surface area contributed by atoms with Crippen molar-refractivity contribution in [3.05, 3.63) is 68.8 Å². The molecule has 0 unspecified atom stereocenters. The minimum Gasteiger partial charge on any atom is -0.383 e. The fourth-order valence-corrected chi connectivity index (χ4v) is 4.09. The summed E-state index contributed by atoms with van der Waals surface area (Å²) < 4.78 is 7.82. The van der Waals surface area contributed by atoms with Crippen LogP contribution in [0.4, 0.5) is 0 Å². The minimum atomic E-state index is -0.362. The van der Waals surface area contributed by atoms with Crippen LogP contribution in [0.2, 0.25) is 0 Å². The normalized spacial score (nSPS) is 15.7. The predicted molar refractivity (Wildman–Crippen MR) is 115 cm³/mol. The van der Waals surface area contributed by atoms with E-state index in [1.54, 1.807) is 11.7 Å². The van der Waals surface area contributed by atoms with Crippen LogP contribution in [0, 0.1) is 0 Å². The molecule has 8 nitrogen and oxygen atoms in total. The van der Waals surface area contributed by atoms with E-state index < -0.39 is 0 Å². The predicted octanol–water partition coefficient (Wildman–Crippen LogP) is 1.52. The van der Waals surface area contributed by atoms with E-state index in [4.69, 9.17) is 9.72 Å². The topological polar surface area (TPSA) is 82.2 Å². The van der Waals surface area contributed by atoms with E-state index in [-0.39, 0.29) is 11.2 Å². The van der Waals surface area contributed by atoms with Gasteiger partial charge < -0.3 is 4.74 Å². The quantitative estimate of drug-likeness (QED) is 0.614. The van der Waals surface area contributed by atoms with E-state index in [2.05, 4.69) is 16.0 Å². The van der Waals surface area contributed by atoms with Crippen LogP contribution in [0.5, 0.6) is 0 Å². The Labute approximate surface area is 174 Å². The number of hydrogen-bond acceptors (Lipinski definition) is 6. The molecule has 0 aliphatic carbocycles. The Bertz CT molecular complexity index is 1130. The first-order valence-corrected chi connectivity index (χ1v) is 10.3. The van der Waals surface area contributed by atoms with E-state index in [1.165, 1.54) is 7.05 Å². The molecule has 4 heterocycles. The van der Waals surface area contributed by atoms with E-state index in [1.807, 2.05) is 30.5 Å². The third-order valence-corrected chi connectivity index (χ3v) is 5.84. The van der Waals surface area contributed by atoms with Gasteiger partial charge in [0, 0.05) is 38.5 Å². The summed E-state index contributed by atoms with van der Waals surface area (Å²) in [6.07, 6.45) is 3.80. The Morgan fingerprint density at radius 3 is 2.63 bits per heavy atom. The summed E-state index contributed by atoms with van der Waals surface area (Å²) in [6, 6.07) is 9.75. The van der Waals surface area contributed by atoms with Crippen molar-refractivity contribution >= 4 is 11.0 Å². The molecule has 8 heteroatoms.